The van der Waals surface area contributed by atoms with Crippen molar-refractivity contribution in [3.63, 3.8) is 0 Å². The third kappa shape index (κ3) is 5.21. The van der Waals surface area contributed by atoms with Gasteiger partial charge in [0.15, 0.2) is 17.3 Å². The monoisotopic (exact) mass is 558 g/mol. The normalized spacial score (nSPS) is 20.9. The SMILES string of the molecule is CC1(C)CC(=O)C2=C(C1)OC1=C(C(=O)CC(C)(C)C1)C2c1cc(Cl)c(OCc2cccc(Cl)c2)c(Cl)c1. The number of halogens is 3. The van der Waals surface area contributed by atoms with Gasteiger partial charge in [0, 0.05) is 47.8 Å². The summed E-state index contributed by atoms with van der Waals surface area (Å²) in [5.41, 5.74) is 2.22. The first-order chi connectivity index (χ1) is 17.3. The van der Waals surface area contributed by atoms with Crippen LogP contribution in [0.1, 0.15) is 70.4 Å². The van der Waals surface area contributed by atoms with Gasteiger partial charge in [-0.15, -0.1) is 0 Å². The fourth-order valence-electron chi connectivity index (χ4n) is 5.67. The van der Waals surface area contributed by atoms with Crippen molar-refractivity contribution in [1.82, 2.24) is 0 Å². The first-order valence-electron chi connectivity index (χ1n) is 12.4. The topological polar surface area (TPSA) is 52.6 Å². The van der Waals surface area contributed by atoms with E-state index in [9.17, 15) is 9.59 Å². The lowest BCUT2D eigenvalue weighted by Gasteiger charge is -2.42. The van der Waals surface area contributed by atoms with Gasteiger partial charge in [-0.2, -0.15) is 0 Å². The quantitative estimate of drug-likeness (QED) is 0.376. The van der Waals surface area contributed by atoms with Crippen molar-refractivity contribution >= 4 is 46.4 Å². The van der Waals surface area contributed by atoms with Crippen LogP contribution < -0.4 is 4.74 Å². The Hall–Kier alpha value is -2.27. The molecule has 4 nitrogen and oxygen atoms in total. The van der Waals surface area contributed by atoms with Gasteiger partial charge in [-0.1, -0.05) is 74.6 Å². The molecule has 0 spiro atoms. The Morgan fingerprint density at radius 1 is 0.838 bits per heavy atom. The van der Waals surface area contributed by atoms with Crippen LogP contribution in [-0.4, -0.2) is 11.6 Å². The highest BCUT2D eigenvalue weighted by atomic mass is 35.5. The van der Waals surface area contributed by atoms with E-state index in [1.807, 2.05) is 18.2 Å². The maximum Gasteiger partial charge on any atom is 0.163 e. The molecule has 0 unspecified atom stereocenters. The highest BCUT2D eigenvalue weighted by Crippen LogP contribution is 2.54. The maximum absolute atomic E-state index is 13.5. The summed E-state index contributed by atoms with van der Waals surface area (Å²) in [6, 6.07) is 10.9. The zero-order valence-electron chi connectivity index (χ0n) is 21.3. The fraction of sp³-hybridized carbons (Fsp3) is 0.400. The third-order valence-electron chi connectivity index (χ3n) is 7.21. The van der Waals surface area contributed by atoms with Crippen molar-refractivity contribution in [2.75, 3.05) is 0 Å². The lowest BCUT2D eigenvalue weighted by atomic mass is 9.65. The minimum atomic E-state index is -0.567. The number of benzene rings is 2. The predicted molar refractivity (Wildman–Crippen MR) is 146 cm³/mol. The molecule has 2 aliphatic carbocycles. The van der Waals surface area contributed by atoms with E-state index in [-0.39, 0.29) is 29.0 Å². The van der Waals surface area contributed by atoms with Crippen LogP contribution >= 0.6 is 34.8 Å². The molecule has 0 bridgehead atoms. The number of ether oxygens (including phenoxy) is 2. The van der Waals surface area contributed by atoms with Gasteiger partial charge in [0.2, 0.25) is 0 Å². The molecule has 3 aliphatic rings. The van der Waals surface area contributed by atoms with Crippen LogP contribution in [0.5, 0.6) is 5.75 Å². The number of hydrogen-bond acceptors (Lipinski definition) is 4. The van der Waals surface area contributed by atoms with Crippen molar-refractivity contribution in [2.45, 2.75) is 65.9 Å². The van der Waals surface area contributed by atoms with E-state index in [0.29, 0.717) is 74.7 Å². The average Bonchev–Trinajstić information content (AvgIpc) is 2.75. The van der Waals surface area contributed by atoms with Crippen molar-refractivity contribution in [2.24, 2.45) is 10.8 Å². The molecule has 0 saturated carbocycles. The molecule has 0 N–H and O–H groups in total. The summed E-state index contributed by atoms with van der Waals surface area (Å²) in [5, 5.41) is 1.24. The molecule has 0 amide bonds. The van der Waals surface area contributed by atoms with Gasteiger partial charge >= 0.3 is 0 Å². The highest BCUT2D eigenvalue weighted by Gasteiger charge is 2.48. The Morgan fingerprint density at radius 3 is 1.89 bits per heavy atom. The van der Waals surface area contributed by atoms with Crippen molar-refractivity contribution in [3.05, 3.63) is 85.3 Å². The molecule has 0 aromatic heterocycles. The number of carbonyl (C=O) groups is 2. The van der Waals surface area contributed by atoms with Gasteiger partial charge < -0.3 is 9.47 Å². The van der Waals surface area contributed by atoms with E-state index in [4.69, 9.17) is 44.3 Å². The zero-order chi connectivity index (χ0) is 26.7. The molecule has 1 heterocycles. The Balaban J connectivity index is 1.57. The van der Waals surface area contributed by atoms with E-state index < -0.39 is 5.92 Å². The Bertz CT molecular complexity index is 1310. The van der Waals surface area contributed by atoms with Gasteiger partial charge in [0.05, 0.1) is 10.0 Å². The molecule has 0 atom stereocenters. The molecular formula is C30H29Cl3O4. The summed E-state index contributed by atoms with van der Waals surface area (Å²) < 4.78 is 12.3. The van der Waals surface area contributed by atoms with E-state index in [0.717, 1.165) is 5.56 Å². The standard InChI is InChI=1S/C30H29Cl3O4/c1-29(2)11-21(34)26-23(13-29)37-24-14-30(3,4)12-22(35)27(24)25(26)17-9-19(32)28(20(33)10-17)36-15-16-6-5-7-18(31)8-16/h5-10,25H,11-15H2,1-4H3. The molecule has 0 fully saturated rings. The summed E-state index contributed by atoms with van der Waals surface area (Å²) in [6.45, 7) is 8.49. The second-order valence-corrected chi connectivity index (χ2v) is 13.1. The van der Waals surface area contributed by atoms with Crippen LogP contribution in [0.4, 0.5) is 0 Å². The summed E-state index contributed by atoms with van der Waals surface area (Å²) in [7, 11) is 0. The smallest absolute Gasteiger partial charge is 0.163 e. The zero-order valence-corrected chi connectivity index (χ0v) is 23.6. The number of ketones is 2. The molecule has 5 rings (SSSR count). The van der Waals surface area contributed by atoms with Gasteiger partial charge in [-0.3, -0.25) is 9.59 Å². The van der Waals surface area contributed by atoms with E-state index in [1.54, 1.807) is 18.2 Å². The molecule has 7 heteroatoms. The predicted octanol–water partition coefficient (Wildman–Crippen LogP) is 8.63. The van der Waals surface area contributed by atoms with Gasteiger partial charge in [0.1, 0.15) is 18.1 Å². The van der Waals surface area contributed by atoms with Gasteiger partial charge in [-0.05, 0) is 46.2 Å². The van der Waals surface area contributed by atoms with E-state index in [2.05, 4.69) is 27.7 Å². The summed E-state index contributed by atoms with van der Waals surface area (Å²) in [5.74, 6) is 1.08. The largest absolute Gasteiger partial charge is 0.486 e. The Morgan fingerprint density at radius 2 is 1.38 bits per heavy atom. The number of Topliss-reactive ketones (excluding diaryl/α,β-unsaturated/α-hetero) is 2. The molecule has 1 aliphatic heterocycles. The molecular weight excluding hydrogens is 531 g/mol. The lowest BCUT2D eigenvalue weighted by Crippen LogP contribution is -2.37. The van der Waals surface area contributed by atoms with Crippen LogP contribution in [0, 0.1) is 10.8 Å². The van der Waals surface area contributed by atoms with Crippen molar-refractivity contribution in [1.29, 1.82) is 0 Å². The van der Waals surface area contributed by atoms with Crippen molar-refractivity contribution in [3.8, 4) is 5.75 Å². The number of allylic oxidation sites excluding steroid dienone is 4. The van der Waals surface area contributed by atoms with Crippen LogP contribution in [0.3, 0.4) is 0 Å². The molecule has 0 saturated heterocycles. The number of carbonyl (C=O) groups excluding carboxylic acids is 2. The lowest BCUT2D eigenvalue weighted by molar-refractivity contribution is -0.120. The molecule has 37 heavy (non-hydrogen) atoms. The highest BCUT2D eigenvalue weighted by molar-refractivity contribution is 6.37. The molecule has 2 aromatic carbocycles. The minimum Gasteiger partial charge on any atom is -0.486 e. The Labute approximate surface area is 232 Å². The first kappa shape index (κ1) is 26.3. The van der Waals surface area contributed by atoms with Crippen molar-refractivity contribution < 1.29 is 19.1 Å². The second kappa shape index (κ2) is 9.48. The van der Waals surface area contributed by atoms with E-state index >= 15 is 0 Å². The minimum absolute atomic E-state index is 0.00559. The third-order valence-corrected chi connectivity index (χ3v) is 8.00. The first-order valence-corrected chi connectivity index (χ1v) is 13.5. The van der Waals surface area contributed by atoms with E-state index in [1.165, 1.54) is 0 Å². The molecule has 0 radical (unpaired) electrons. The maximum atomic E-state index is 13.5. The van der Waals surface area contributed by atoms with Crippen LogP contribution in [0.15, 0.2) is 59.1 Å². The van der Waals surface area contributed by atoms with Crippen LogP contribution in [0.2, 0.25) is 15.1 Å². The summed E-state index contributed by atoms with van der Waals surface area (Å²) in [6.07, 6.45) is 2.02. The van der Waals surface area contributed by atoms with Gasteiger partial charge in [-0.25, -0.2) is 0 Å². The average molecular weight is 560 g/mol. The van der Waals surface area contributed by atoms with Gasteiger partial charge in [0.25, 0.3) is 0 Å². The number of hydrogen-bond donors (Lipinski definition) is 0. The fourth-order valence-corrected chi connectivity index (χ4v) is 6.50. The van der Waals surface area contributed by atoms with Crippen LogP contribution in [0.25, 0.3) is 0 Å². The summed E-state index contributed by atoms with van der Waals surface area (Å²) in [4.78, 5) is 27.0. The molecule has 194 valence electrons. The molecule has 2 aromatic rings. The summed E-state index contributed by atoms with van der Waals surface area (Å²) >= 11 is 19.5. The van der Waals surface area contributed by atoms with Crippen LogP contribution in [-0.2, 0) is 20.9 Å². The Kier molecular flexibility index (Phi) is 6.75. The number of rotatable bonds is 4. The second-order valence-electron chi connectivity index (χ2n) is 11.8.